The largest absolute Gasteiger partial charge is 0.479 e. The summed E-state index contributed by atoms with van der Waals surface area (Å²) < 4.78 is 5.08. The zero-order valence-corrected chi connectivity index (χ0v) is 9.72. The van der Waals surface area contributed by atoms with Gasteiger partial charge < -0.3 is 20.1 Å². The topological polar surface area (TPSA) is 78.9 Å². The van der Waals surface area contributed by atoms with Gasteiger partial charge in [0.15, 0.2) is 6.10 Å². The molecule has 6 heteroatoms. The number of carboxylic acids is 1. The molecule has 2 unspecified atom stereocenters. The van der Waals surface area contributed by atoms with Gasteiger partial charge in [0.2, 0.25) is 5.91 Å². The Kier molecular flexibility index (Phi) is 3.96. The molecule has 17 heavy (non-hydrogen) atoms. The molecule has 0 saturated carbocycles. The summed E-state index contributed by atoms with van der Waals surface area (Å²) in [5.74, 6) is -0.549. The molecule has 6 nitrogen and oxygen atoms in total. The van der Waals surface area contributed by atoms with E-state index in [1.165, 1.54) is 0 Å². The molecule has 2 atom stereocenters. The van der Waals surface area contributed by atoms with Gasteiger partial charge in [0.25, 0.3) is 0 Å². The van der Waals surface area contributed by atoms with Crippen molar-refractivity contribution in [1.29, 1.82) is 0 Å². The highest BCUT2D eigenvalue weighted by atomic mass is 16.5. The number of ether oxygens (including phenoxy) is 1. The number of carbonyl (C=O) groups is 2. The highest BCUT2D eigenvalue weighted by Crippen LogP contribution is 2.15. The van der Waals surface area contributed by atoms with Crippen molar-refractivity contribution in [3.63, 3.8) is 0 Å². The minimum absolute atomic E-state index is 0.0493. The number of rotatable bonds is 3. The maximum Gasteiger partial charge on any atom is 0.334 e. The molecule has 0 spiro atoms. The first-order valence-corrected chi connectivity index (χ1v) is 5.99. The molecule has 2 saturated heterocycles. The van der Waals surface area contributed by atoms with Crippen LogP contribution in [0.4, 0.5) is 0 Å². The fourth-order valence-corrected chi connectivity index (χ4v) is 2.29. The van der Waals surface area contributed by atoms with Crippen molar-refractivity contribution in [3.05, 3.63) is 0 Å². The molecule has 2 aliphatic rings. The molecule has 2 aliphatic heterocycles. The van der Waals surface area contributed by atoms with Gasteiger partial charge >= 0.3 is 5.97 Å². The zero-order valence-electron chi connectivity index (χ0n) is 9.72. The van der Waals surface area contributed by atoms with E-state index < -0.39 is 12.1 Å². The van der Waals surface area contributed by atoms with E-state index in [0.717, 1.165) is 19.5 Å². The van der Waals surface area contributed by atoms with Gasteiger partial charge in [-0.1, -0.05) is 0 Å². The third-order valence-corrected chi connectivity index (χ3v) is 3.32. The van der Waals surface area contributed by atoms with Crippen LogP contribution >= 0.6 is 0 Å². The second-order valence-electron chi connectivity index (χ2n) is 4.60. The third kappa shape index (κ3) is 3.17. The predicted octanol–water partition coefficient (Wildman–Crippen LogP) is -0.702. The average Bonchev–Trinajstić information content (AvgIpc) is 2.82. The lowest BCUT2D eigenvalue weighted by Crippen LogP contribution is -2.48. The summed E-state index contributed by atoms with van der Waals surface area (Å²) in [4.78, 5) is 24.4. The molecule has 0 aromatic carbocycles. The fourth-order valence-electron chi connectivity index (χ4n) is 2.29. The molecule has 2 heterocycles. The van der Waals surface area contributed by atoms with Crippen molar-refractivity contribution < 1.29 is 19.4 Å². The average molecular weight is 242 g/mol. The van der Waals surface area contributed by atoms with Crippen molar-refractivity contribution in [3.8, 4) is 0 Å². The fraction of sp³-hybridized carbons (Fsp3) is 0.818. The highest BCUT2D eigenvalue weighted by Gasteiger charge is 2.30. The van der Waals surface area contributed by atoms with Crippen LogP contribution in [0, 0.1) is 5.92 Å². The Hall–Kier alpha value is -1.14. The summed E-state index contributed by atoms with van der Waals surface area (Å²) in [6.45, 7) is 2.85. The Labute approximate surface area is 99.9 Å². The lowest BCUT2D eigenvalue weighted by Gasteiger charge is -2.31. The Bertz CT molecular complexity index is 302. The van der Waals surface area contributed by atoms with Crippen LogP contribution in [0.15, 0.2) is 0 Å². The van der Waals surface area contributed by atoms with Gasteiger partial charge in [-0.3, -0.25) is 4.79 Å². The zero-order chi connectivity index (χ0) is 12.3. The molecular weight excluding hydrogens is 224 g/mol. The highest BCUT2D eigenvalue weighted by molar-refractivity contribution is 5.78. The quantitative estimate of drug-likeness (QED) is 0.684. The van der Waals surface area contributed by atoms with Crippen LogP contribution < -0.4 is 5.32 Å². The molecule has 0 aromatic heterocycles. The van der Waals surface area contributed by atoms with E-state index in [1.54, 1.807) is 4.90 Å². The van der Waals surface area contributed by atoms with Crippen LogP contribution in [0.25, 0.3) is 0 Å². The van der Waals surface area contributed by atoms with E-state index in [1.807, 2.05) is 0 Å². The van der Waals surface area contributed by atoms with Gasteiger partial charge in [-0.2, -0.15) is 0 Å². The van der Waals surface area contributed by atoms with Crippen LogP contribution in [-0.2, 0) is 14.3 Å². The molecule has 2 rings (SSSR count). The number of carboxylic acid groups (broad SMARTS) is 1. The summed E-state index contributed by atoms with van der Waals surface area (Å²) in [6, 6.07) is 0. The standard InChI is InChI=1S/C11H18N2O4/c14-10(5-8-1-2-12-6-8)13-3-4-17-9(7-13)11(15)16/h8-9,12H,1-7H2,(H,15,16). The summed E-state index contributed by atoms with van der Waals surface area (Å²) in [6.07, 6.45) is 0.673. The Balaban J connectivity index is 1.83. The lowest BCUT2D eigenvalue weighted by atomic mass is 10.0. The minimum atomic E-state index is -0.995. The van der Waals surface area contributed by atoms with Crippen LogP contribution in [-0.4, -0.2) is 60.8 Å². The van der Waals surface area contributed by atoms with Gasteiger partial charge in [-0.15, -0.1) is 0 Å². The second kappa shape index (κ2) is 5.46. The van der Waals surface area contributed by atoms with Crippen LogP contribution in [0.2, 0.25) is 0 Å². The molecule has 1 amide bonds. The SMILES string of the molecule is O=C(O)C1CN(C(=O)CC2CCNC2)CCO1. The summed E-state index contributed by atoms with van der Waals surface area (Å²) in [5.41, 5.74) is 0. The van der Waals surface area contributed by atoms with Crippen LogP contribution in [0.5, 0.6) is 0 Å². The van der Waals surface area contributed by atoms with E-state index in [4.69, 9.17) is 9.84 Å². The van der Waals surface area contributed by atoms with E-state index in [2.05, 4.69) is 5.32 Å². The van der Waals surface area contributed by atoms with E-state index in [0.29, 0.717) is 25.5 Å². The van der Waals surface area contributed by atoms with Crippen molar-refractivity contribution in [2.45, 2.75) is 18.9 Å². The maximum atomic E-state index is 12.0. The number of nitrogens with one attached hydrogen (secondary N) is 1. The normalized spacial score (nSPS) is 29.3. The number of carbonyl (C=O) groups excluding carboxylic acids is 1. The van der Waals surface area contributed by atoms with Gasteiger partial charge in [-0.25, -0.2) is 4.79 Å². The van der Waals surface area contributed by atoms with Gasteiger partial charge in [-0.05, 0) is 25.4 Å². The van der Waals surface area contributed by atoms with E-state index >= 15 is 0 Å². The number of morpholine rings is 1. The van der Waals surface area contributed by atoms with E-state index in [-0.39, 0.29) is 12.5 Å². The molecule has 96 valence electrons. The number of hydrogen-bond donors (Lipinski definition) is 2. The second-order valence-corrected chi connectivity index (χ2v) is 4.60. The monoisotopic (exact) mass is 242 g/mol. The number of amides is 1. The molecule has 0 aliphatic carbocycles. The minimum Gasteiger partial charge on any atom is -0.479 e. The predicted molar refractivity (Wildman–Crippen MR) is 59.5 cm³/mol. The Morgan fingerprint density at radius 2 is 2.29 bits per heavy atom. The molecule has 0 bridgehead atoms. The Morgan fingerprint density at radius 3 is 2.94 bits per heavy atom. The van der Waals surface area contributed by atoms with Crippen molar-refractivity contribution in [1.82, 2.24) is 10.2 Å². The summed E-state index contributed by atoms with van der Waals surface area (Å²) >= 11 is 0. The molecule has 2 fully saturated rings. The number of aliphatic carboxylic acids is 1. The molecule has 0 radical (unpaired) electrons. The van der Waals surface area contributed by atoms with Crippen molar-refractivity contribution in [2.24, 2.45) is 5.92 Å². The first kappa shape index (κ1) is 12.3. The number of hydrogen-bond acceptors (Lipinski definition) is 4. The van der Waals surface area contributed by atoms with Crippen LogP contribution in [0.1, 0.15) is 12.8 Å². The Morgan fingerprint density at radius 1 is 1.47 bits per heavy atom. The maximum absolute atomic E-state index is 12.0. The van der Waals surface area contributed by atoms with Crippen molar-refractivity contribution >= 4 is 11.9 Å². The smallest absolute Gasteiger partial charge is 0.334 e. The van der Waals surface area contributed by atoms with Crippen LogP contribution in [0.3, 0.4) is 0 Å². The molecule has 0 aromatic rings. The van der Waals surface area contributed by atoms with Gasteiger partial charge in [0.1, 0.15) is 0 Å². The third-order valence-electron chi connectivity index (χ3n) is 3.32. The summed E-state index contributed by atoms with van der Waals surface area (Å²) in [5, 5.41) is 12.1. The van der Waals surface area contributed by atoms with Gasteiger partial charge in [0, 0.05) is 13.0 Å². The number of nitrogens with zero attached hydrogens (tertiary/aromatic N) is 1. The summed E-state index contributed by atoms with van der Waals surface area (Å²) in [7, 11) is 0. The molecule has 2 N–H and O–H groups in total. The first-order chi connectivity index (χ1) is 8.16. The van der Waals surface area contributed by atoms with Crippen molar-refractivity contribution in [2.75, 3.05) is 32.8 Å². The lowest BCUT2D eigenvalue weighted by molar-refractivity contribution is -0.159. The molecular formula is C11H18N2O4. The van der Waals surface area contributed by atoms with Gasteiger partial charge in [0.05, 0.1) is 13.2 Å². The first-order valence-electron chi connectivity index (χ1n) is 5.99. The van der Waals surface area contributed by atoms with E-state index in [9.17, 15) is 9.59 Å².